The van der Waals surface area contributed by atoms with Gasteiger partial charge in [-0.25, -0.2) is 0 Å². The fourth-order valence-corrected chi connectivity index (χ4v) is 8.48. The van der Waals surface area contributed by atoms with Crippen LogP contribution in [0, 0.1) is 11.8 Å². The minimum atomic E-state index is -0.783. The van der Waals surface area contributed by atoms with Gasteiger partial charge in [-0.05, 0) is 32.3 Å². The van der Waals surface area contributed by atoms with Gasteiger partial charge in [0.15, 0.2) is 0 Å². The van der Waals surface area contributed by atoms with Crippen molar-refractivity contribution in [3.8, 4) is 0 Å². The normalized spacial score (nSPS) is 31.7. The number of nitrogens with zero attached hydrogens (tertiary/aromatic N) is 2. The molecule has 1 spiro atoms. The highest BCUT2D eigenvalue weighted by Gasteiger charge is 2.78. The molecule has 6 atom stereocenters. The monoisotopic (exact) mass is 498 g/mol. The number of aliphatic hydroxyl groups is 1. The molecule has 3 aliphatic rings. The summed E-state index contributed by atoms with van der Waals surface area (Å²) in [6, 6.07) is 8.35. The van der Waals surface area contributed by atoms with Gasteiger partial charge in [0.1, 0.15) is 12.6 Å². The van der Waals surface area contributed by atoms with Gasteiger partial charge in [0.2, 0.25) is 11.8 Å². The highest BCUT2D eigenvalue weighted by molar-refractivity contribution is 8.02. The summed E-state index contributed by atoms with van der Waals surface area (Å²) in [4.78, 5) is 44.6. The molecule has 0 aliphatic carbocycles. The van der Waals surface area contributed by atoms with E-state index >= 15 is 0 Å². The van der Waals surface area contributed by atoms with E-state index in [-0.39, 0.29) is 25.0 Å². The van der Waals surface area contributed by atoms with Crippen LogP contribution in [0.2, 0.25) is 0 Å². The van der Waals surface area contributed by atoms with Gasteiger partial charge in [-0.3, -0.25) is 14.4 Å². The first-order valence-corrected chi connectivity index (χ1v) is 12.9. The van der Waals surface area contributed by atoms with Crippen LogP contribution >= 0.6 is 11.8 Å². The first kappa shape index (κ1) is 25.5. The Labute approximate surface area is 211 Å². The van der Waals surface area contributed by atoms with E-state index < -0.39 is 39.4 Å². The van der Waals surface area contributed by atoms with E-state index in [1.807, 2.05) is 37.3 Å². The Balaban J connectivity index is 1.75. The molecule has 1 aromatic carbocycles. The summed E-state index contributed by atoms with van der Waals surface area (Å²) < 4.78 is 4.19. The third kappa shape index (κ3) is 4.10. The molecule has 2 amide bonds. The molecule has 4 rings (SSSR count). The second-order valence-corrected chi connectivity index (χ2v) is 11.8. The molecular weight excluding hydrogens is 464 g/mol. The number of likely N-dealkylation sites (tertiary alicyclic amines) is 1. The molecular formula is C27H34N2O5S. The third-order valence-electron chi connectivity index (χ3n) is 7.66. The van der Waals surface area contributed by atoms with Gasteiger partial charge >= 0.3 is 5.97 Å². The summed E-state index contributed by atoms with van der Waals surface area (Å²) in [6.07, 6.45) is 4.55. The first-order chi connectivity index (χ1) is 16.7. The zero-order chi connectivity index (χ0) is 25.4. The number of benzene rings is 1. The maximum Gasteiger partial charge on any atom is 0.311 e. The summed E-state index contributed by atoms with van der Waals surface area (Å²) in [7, 11) is 0. The Hall–Kier alpha value is -2.58. The molecule has 3 heterocycles. The fourth-order valence-electron chi connectivity index (χ4n) is 6.16. The Morgan fingerprint density at radius 2 is 2.00 bits per heavy atom. The zero-order valence-corrected chi connectivity index (χ0v) is 21.2. The molecule has 2 unspecified atom stereocenters. The Morgan fingerprint density at radius 1 is 1.29 bits per heavy atom. The van der Waals surface area contributed by atoms with Gasteiger partial charge in [0.05, 0.1) is 29.2 Å². The molecule has 35 heavy (non-hydrogen) atoms. The number of rotatable bonds is 10. The van der Waals surface area contributed by atoms with Crippen LogP contribution in [-0.2, 0) is 25.7 Å². The van der Waals surface area contributed by atoms with Gasteiger partial charge in [-0.1, -0.05) is 49.1 Å². The summed E-state index contributed by atoms with van der Waals surface area (Å²) >= 11 is 1.59. The minimum Gasteiger partial charge on any atom is -0.461 e. The van der Waals surface area contributed by atoms with Crippen molar-refractivity contribution < 1.29 is 24.2 Å². The van der Waals surface area contributed by atoms with Crippen molar-refractivity contribution in [2.75, 3.05) is 19.8 Å². The maximum absolute atomic E-state index is 14.3. The molecule has 1 N–H and O–H groups in total. The molecule has 7 nitrogen and oxygen atoms in total. The lowest BCUT2D eigenvalue weighted by Crippen LogP contribution is -2.56. The smallest absolute Gasteiger partial charge is 0.311 e. The molecule has 0 saturated carbocycles. The van der Waals surface area contributed by atoms with Crippen LogP contribution in [-0.4, -0.2) is 74.0 Å². The second-order valence-electron chi connectivity index (χ2n) is 9.92. The number of carbonyl (C=O) groups is 3. The van der Waals surface area contributed by atoms with Crippen LogP contribution in [0.5, 0.6) is 0 Å². The number of hydrogen-bond donors (Lipinski definition) is 1. The largest absolute Gasteiger partial charge is 0.461 e. The minimum absolute atomic E-state index is 0.0767. The highest BCUT2D eigenvalue weighted by Crippen LogP contribution is 2.71. The lowest BCUT2D eigenvalue weighted by molar-refractivity contribution is -0.155. The predicted octanol–water partition coefficient (Wildman–Crippen LogP) is 2.79. The van der Waals surface area contributed by atoms with Crippen molar-refractivity contribution in [3.63, 3.8) is 0 Å². The SMILES string of the molecule is C=CCOC(=O)[C@@H]1[C@H]2C(=O)N([C@H](C)CO)C(C(=O)N(CC=C)Cc3ccccc3)C23CC[C@@]1(C)S3. The van der Waals surface area contributed by atoms with E-state index in [4.69, 9.17) is 4.74 Å². The number of amides is 2. The van der Waals surface area contributed by atoms with Crippen LogP contribution in [0.1, 0.15) is 32.3 Å². The number of esters is 1. The van der Waals surface area contributed by atoms with Gasteiger partial charge in [-0.15, -0.1) is 18.3 Å². The van der Waals surface area contributed by atoms with E-state index in [0.29, 0.717) is 25.9 Å². The number of thioether (sulfide) groups is 1. The average molecular weight is 499 g/mol. The molecule has 8 heteroatoms. The van der Waals surface area contributed by atoms with Gasteiger partial charge in [0.25, 0.3) is 0 Å². The third-order valence-corrected chi connectivity index (χ3v) is 9.65. The zero-order valence-electron chi connectivity index (χ0n) is 20.4. The second kappa shape index (κ2) is 9.82. The van der Waals surface area contributed by atoms with Crippen molar-refractivity contribution in [1.29, 1.82) is 0 Å². The fraction of sp³-hybridized carbons (Fsp3) is 0.519. The van der Waals surface area contributed by atoms with Crippen LogP contribution in [0.15, 0.2) is 55.6 Å². The Kier molecular flexibility index (Phi) is 7.16. The van der Waals surface area contributed by atoms with E-state index in [1.54, 1.807) is 34.6 Å². The molecule has 3 fully saturated rings. The van der Waals surface area contributed by atoms with Crippen molar-refractivity contribution in [3.05, 3.63) is 61.2 Å². The van der Waals surface area contributed by atoms with Crippen molar-refractivity contribution in [1.82, 2.24) is 9.80 Å². The number of aliphatic hydroxyl groups excluding tert-OH is 1. The highest BCUT2D eigenvalue weighted by atomic mass is 32.2. The van der Waals surface area contributed by atoms with E-state index in [0.717, 1.165) is 5.56 Å². The Morgan fingerprint density at radius 3 is 2.63 bits per heavy atom. The predicted molar refractivity (Wildman–Crippen MR) is 135 cm³/mol. The van der Waals surface area contributed by atoms with Crippen LogP contribution in [0.3, 0.4) is 0 Å². The lowest BCUT2D eigenvalue weighted by atomic mass is 9.66. The van der Waals surface area contributed by atoms with Crippen molar-refractivity contribution in [2.45, 2.75) is 54.8 Å². The quantitative estimate of drug-likeness (QED) is 0.394. The summed E-state index contributed by atoms with van der Waals surface area (Å²) in [5.41, 5.74) is 0.976. The number of fused-ring (bicyclic) bond motifs is 1. The summed E-state index contributed by atoms with van der Waals surface area (Å²) in [5, 5.41) is 10.0. The average Bonchev–Trinajstić information content (AvgIpc) is 3.42. The molecule has 1 aromatic rings. The van der Waals surface area contributed by atoms with Gasteiger partial charge in [-0.2, -0.15) is 0 Å². The van der Waals surface area contributed by atoms with Crippen molar-refractivity contribution >= 4 is 29.5 Å². The van der Waals surface area contributed by atoms with Crippen LogP contribution < -0.4 is 0 Å². The molecule has 3 aliphatic heterocycles. The standard InChI is InChI=1S/C27H34N2O5S/c1-5-14-28(16-19-10-8-7-9-11-19)24(32)22-27-13-12-26(4,35-27)21(25(33)34-15-6-2)20(27)23(31)29(22)18(3)17-30/h5-11,18,20-22,30H,1-2,12-17H2,3-4H3/t18-,20+,21+,22?,26-,27?/m1/s1. The van der Waals surface area contributed by atoms with E-state index in [1.165, 1.54) is 6.08 Å². The van der Waals surface area contributed by atoms with Crippen LogP contribution in [0.25, 0.3) is 0 Å². The summed E-state index contributed by atoms with van der Waals surface area (Å²) in [5.74, 6) is -2.17. The van der Waals surface area contributed by atoms with E-state index in [2.05, 4.69) is 13.2 Å². The number of ether oxygens (including phenoxy) is 1. The summed E-state index contributed by atoms with van der Waals surface area (Å²) in [6.45, 7) is 11.7. The number of hydrogen-bond acceptors (Lipinski definition) is 6. The maximum atomic E-state index is 14.3. The van der Waals surface area contributed by atoms with Gasteiger partial charge < -0.3 is 19.6 Å². The topological polar surface area (TPSA) is 87.1 Å². The van der Waals surface area contributed by atoms with Gasteiger partial charge in [0, 0.05) is 17.8 Å². The number of carbonyl (C=O) groups excluding carboxylic acids is 3. The molecule has 188 valence electrons. The molecule has 3 saturated heterocycles. The molecule has 0 aromatic heterocycles. The van der Waals surface area contributed by atoms with E-state index in [9.17, 15) is 19.5 Å². The molecule has 0 radical (unpaired) electrons. The first-order valence-electron chi connectivity index (χ1n) is 12.1. The lowest BCUT2D eigenvalue weighted by Gasteiger charge is -2.38. The molecule has 2 bridgehead atoms. The van der Waals surface area contributed by atoms with Crippen molar-refractivity contribution in [2.24, 2.45) is 11.8 Å². The van der Waals surface area contributed by atoms with Crippen LogP contribution in [0.4, 0.5) is 0 Å². The Bertz CT molecular complexity index is 1020.